The molecule has 1 fully saturated rings. The van der Waals surface area contributed by atoms with Crippen LogP contribution < -0.4 is 5.32 Å². The van der Waals surface area contributed by atoms with Gasteiger partial charge in [0.15, 0.2) is 0 Å². The lowest BCUT2D eigenvalue weighted by Gasteiger charge is -2.48. The SMILES string of the molecule is CCCNC1(C(F)(F)F)CC(C)C1. The van der Waals surface area contributed by atoms with Crippen LogP contribution in [0.3, 0.4) is 0 Å². The number of rotatable bonds is 3. The van der Waals surface area contributed by atoms with Crippen molar-refractivity contribution in [2.45, 2.75) is 44.8 Å². The third kappa shape index (κ3) is 1.98. The Balaban J connectivity index is 2.56. The zero-order chi connectivity index (χ0) is 10.1. The van der Waals surface area contributed by atoms with Crippen molar-refractivity contribution in [1.29, 1.82) is 0 Å². The predicted molar refractivity (Wildman–Crippen MR) is 45.5 cm³/mol. The highest BCUT2D eigenvalue weighted by Gasteiger charge is 2.60. The predicted octanol–water partition coefficient (Wildman–Crippen LogP) is 2.72. The molecular formula is C9H16F3N. The average Bonchev–Trinajstić information content (AvgIpc) is 1.93. The largest absolute Gasteiger partial charge is 0.406 e. The highest BCUT2D eigenvalue weighted by Crippen LogP contribution is 2.48. The van der Waals surface area contributed by atoms with E-state index in [1.165, 1.54) is 0 Å². The van der Waals surface area contributed by atoms with Crippen molar-refractivity contribution in [2.24, 2.45) is 5.92 Å². The molecular weight excluding hydrogens is 179 g/mol. The number of hydrogen-bond donors (Lipinski definition) is 1. The van der Waals surface area contributed by atoms with Gasteiger partial charge < -0.3 is 5.32 Å². The Kier molecular flexibility index (Phi) is 2.90. The van der Waals surface area contributed by atoms with E-state index < -0.39 is 11.7 Å². The Morgan fingerprint density at radius 1 is 1.38 bits per heavy atom. The topological polar surface area (TPSA) is 12.0 Å². The van der Waals surface area contributed by atoms with Crippen LogP contribution in [0.4, 0.5) is 13.2 Å². The van der Waals surface area contributed by atoms with Crippen LogP contribution >= 0.6 is 0 Å². The summed E-state index contributed by atoms with van der Waals surface area (Å²) in [5.41, 5.74) is -1.57. The highest BCUT2D eigenvalue weighted by molar-refractivity contribution is 5.04. The second-order valence-corrected chi connectivity index (χ2v) is 4.02. The van der Waals surface area contributed by atoms with Crippen molar-refractivity contribution in [3.8, 4) is 0 Å². The monoisotopic (exact) mass is 195 g/mol. The van der Waals surface area contributed by atoms with E-state index in [0.717, 1.165) is 6.42 Å². The van der Waals surface area contributed by atoms with Gasteiger partial charge in [-0.1, -0.05) is 13.8 Å². The lowest BCUT2D eigenvalue weighted by Crippen LogP contribution is -2.64. The van der Waals surface area contributed by atoms with Crippen molar-refractivity contribution >= 4 is 0 Å². The first-order valence-corrected chi connectivity index (χ1v) is 4.73. The summed E-state index contributed by atoms with van der Waals surface area (Å²) in [5, 5.41) is 2.63. The molecule has 1 rings (SSSR count). The Morgan fingerprint density at radius 2 is 1.92 bits per heavy atom. The minimum absolute atomic E-state index is 0.200. The molecule has 0 aliphatic heterocycles. The van der Waals surface area contributed by atoms with Gasteiger partial charge in [-0.25, -0.2) is 0 Å². The number of hydrogen-bond acceptors (Lipinski definition) is 1. The number of alkyl halides is 3. The summed E-state index contributed by atoms with van der Waals surface area (Å²) in [7, 11) is 0. The first kappa shape index (κ1) is 10.8. The van der Waals surface area contributed by atoms with Crippen molar-refractivity contribution in [3.63, 3.8) is 0 Å². The Hall–Kier alpha value is -0.250. The third-order valence-electron chi connectivity index (χ3n) is 2.65. The molecule has 0 bridgehead atoms. The van der Waals surface area contributed by atoms with Gasteiger partial charge in [0.1, 0.15) is 5.54 Å². The summed E-state index contributed by atoms with van der Waals surface area (Å²) in [6.45, 7) is 4.18. The van der Waals surface area contributed by atoms with Gasteiger partial charge >= 0.3 is 6.18 Å². The van der Waals surface area contributed by atoms with Gasteiger partial charge in [0, 0.05) is 0 Å². The second-order valence-electron chi connectivity index (χ2n) is 4.02. The number of halogens is 3. The van der Waals surface area contributed by atoms with E-state index in [9.17, 15) is 13.2 Å². The quantitative estimate of drug-likeness (QED) is 0.730. The summed E-state index contributed by atoms with van der Waals surface area (Å²) in [6.07, 6.45) is -2.88. The van der Waals surface area contributed by atoms with Crippen LogP contribution in [0.5, 0.6) is 0 Å². The van der Waals surface area contributed by atoms with Gasteiger partial charge in [-0.15, -0.1) is 0 Å². The van der Waals surface area contributed by atoms with Crippen LogP contribution in [0.2, 0.25) is 0 Å². The van der Waals surface area contributed by atoms with E-state index >= 15 is 0 Å². The summed E-state index contributed by atoms with van der Waals surface area (Å²) in [6, 6.07) is 0. The minimum atomic E-state index is -4.09. The first-order chi connectivity index (χ1) is 5.91. The maximum atomic E-state index is 12.6. The van der Waals surface area contributed by atoms with E-state index in [1.54, 1.807) is 0 Å². The molecule has 1 aliphatic carbocycles. The van der Waals surface area contributed by atoms with Gasteiger partial charge in [-0.3, -0.25) is 0 Å². The van der Waals surface area contributed by atoms with Gasteiger partial charge in [-0.2, -0.15) is 13.2 Å². The molecule has 1 nitrogen and oxygen atoms in total. The van der Waals surface area contributed by atoms with E-state index in [0.29, 0.717) is 6.54 Å². The molecule has 0 aromatic heterocycles. The molecule has 0 atom stereocenters. The lowest BCUT2D eigenvalue weighted by atomic mass is 9.68. The average molecular weight is 195 g/mol. The van der Waals surface area contributed by atoms with Crippen LogP contribution in [0.15, 0.2) is 0 Å². The first-order valence-electron chi connectivity index (χ1n) is 4.73. The molecule has 0 radical (unpaired) electrons. The molecule has 13 heavy (non-hydrogen) atoms. The standard InChI is InChI=1S/C9H16F3N/c1-3-4-13-8(9(10,11)12)5-7(2)6-8/h7,13H,3-6H2,1-2H3. The van der Waals surface area contributed by atoms with Crippen molar-refractivity contribution in [3.05, 3.63) is 0 Å². The fourth-order valence-corrected chi connectivity index (χ4v) is 1.97. The molecule has 0 unspecified atom stereocenters. The maximum Gasteiger partial charge on any atom is 0.406 e. The summed E-state index contributed by atoms with van der Waals surface area (Å²) < 4.78 is 37.8. The molecule has 4 heteroatoms. The van der Waals surface area contributed by atoms with E-state index in [-0.39, 0.29) is 18.8 Å². The molecule has 0 spiro atoms. The van der Waals surface area contributed by atoms with Gasteiger partial charge in [0.05, 0.1) is 0 Å². The molecule has 1 saturated carbocycles. The van der Waals surface area contributed by atoms with Crippen LogP contribution in [-0.2, 0) is 0 Å². The fraction of sp³-hybridized carbons (Fsp3) is 1.00. The molecule has 78 valence electrons. The molecule has 0 aromatic carbocycles. The fourth-order valence-electron chi connectivity index (χ4n) is 1.97. The zero-order valence-corrected chi connectivity index (χ0v) is 8.04. The molecule has 1 aliphatic rings. The summed E-state index contributed by atoms with van der Waals surface area (Å²) >= 11 is 0. The van der Waals surface area contributed by atoms with E-state index in [1.807, 2.05) is 13.8 Å². The Morgan fingerprint density at radius 3 is 2.23 bits per heavy atom. The maximum absolute atomic E-state index is 12.6. The van der Waals surface area contributed by atoms with E-state index in [4.69, 9.17) is 0 Å². The molecule has 0 heterocycles. The normalized spacial score (nSPS) is 34.4. The van der Waals surface area contributed by atoms with Crippen LogP contribution in [0.1, 0.15) is 33.1 Å². The summed E-state index contributed by atoms with van der Waals surface area (Å²) in [4.78, 5) is 0. The van der Waals surface area contributed by atoms with Gasteiger partial charge in [0.25, 0.3) is 0 Å². The van der Waals surface area contributed by atoms with Crippen molar-refractivity contribution < 1.29 is 13.2 Å². The smallest absolute Gasteiger partial charge is 0.304 e. The number of nitrogens with one attached hydrogen (secondary N) is 1. The van der Waals surface area contributed by atoms with E-state index in [2.05, 4.69) is 5.32 Å². The molecule has 0 saturated heterocycles. The summed E-state index contributed by atoms with van der Waals surface area (Å²) in [5.74, 6) is 0.200. The lowest BCUT2D eigenvalue weighted by molar-refractivity contribution is -0.229. The van der Waals surface area contributed by atoms with Gasteiger partial charge in [-0.05, 0) is 31.7 Å². The van der Waals surface area contributed by atoms with Crippen LogP contribution in [0.25, 0.3) is 0 Å². The zero-order valence-electron chi connectivity index (χ0n) is 8.04. The second kappa shape index (κ2) is 3.48. The molecule has 1 N–H and O–H groups in total. The molecule has 0 aromatic rings. The van der Waals surface area contributed by atoms with Crippen molar-refractivity contribution in [1.82, 2.24) is 5.32 Å². The van der Waals surface area contributed by atoms with Crippen molar-refractivity contribution in [2.75, 3.05) is 6.54 Å². The highest BCUT2D eigenvalue weighted by atomic mass is 19.4. The van der Waals surface area contributed by atoms with Crippen LogP contribution in [0, 0.1) is 5.92 Å². The minimum Gasteiger partial charge on any atom is -0.304 e. The van der Waals surface area contributed by atoms with Gasteiger partial charge in [0.2, 0.25) is 0 Å². The molecule has 0 amide bonds. The Bertz CT molecular complexity index is 170. The Labute approximate surface area is 76.7 Å². The van der Waals surface area contributed by atoms with Crippen LogP contribution in [-0.4, -0.2) is 18.3 Å². The third-order valence-corrected chi connectivity index (χ3v) is 2.65.